The second-order valence-electron chi connectivity index (χ2n) is 5.33. The standard InChI is InChI=1S/C15H17NO/c1-15(17,10-11-4-5-11)13-7-6-12-3-2-8-16-14(12)9-13/h2-3,6-9,11,17H,4-5,10H2,1H3. The smallest absolute Gasteiger partial charge is 0.0871 e. The van der Waals surface area contributed by atoms with Crippen LogP contribution in [0.1, 0.15) is 31.7 Å². The monoisotopic (exact) mass is 227 g/mol. The van der Waals surface area contributed by atoms with Gasteiger partial charge in [0.25, 0.3) is 0 Å². The fourth-order valence-electron chi connectivity index (χ4n) is 2.40. The van der Waals surface area contributed by atoms with Crippen LogP contribution in [0, 0.1) is 5.92 Å². The minimum absolute atomic E-state index is 0.712. The molecule has 1 saturated carbocycles. The van der Waals surface area contributed by atoms with Gasteiger partial charge in [0.15, 0.2) is 0 Å². The highest BCUT2D eigenvalue weighted by molar-refractivity contribution is 5.79. The van der Waals surface area contributed by atoms with Gasteiger partial charge in [-0.3, -0.25) is 4.98 Å². The lowest BCUT2D eigenvalue weighted by atomic mass is 9.90. The van der Waals surface area contributed by atoms with Gasteiger partial charge in [0.1, 0.15) is 0 Å². The molecule has 1 aliphatic carbocycles. The number of hydrogen-bond acceptors (Lipinski definition) is 2. The molecule has 1 aromatic carbocycles. The van der Waals surface area contributed by atoms with Gasteiger partial charge in [0, 0.05) is 11.6 Å². The summed E-state index contributed by atoms with van der Waals surface area (Å²) in [5.41, 5.74) is 1.23. The van der Waals surface area contributed by atoms with Gasteiger partial charge in [-0.25, -0.2) is 0 Å². The summed E-state index contributed by atoms with van der Waals surface area (Å²) in [6.45, 7) is 1.91. The average Bonchev–Trinajstić information content (AvgIpc) is 3.11. The van der Waals surface area contributed by atoms with Gasteiger partial charge >= 0.3 is 0 Å². The van der Waals surface area contributed by atoms with Crippen molar-refractivity contribution in [3.05, 3.63) is 42.1 Å². The summed E-state index contributed by atoms with van der Waals surface area (Å²) in [5, 5.41) is 11.7. The molecule has 2 aromatic rings. The minimum atomic E-state index is -0.715. The van der Waals surface area contributed by atoms with Crippen molar-refractivity contribution in [2.24, 2.45) is 5.92 Å². The Kier molecular flexibility index (Phi) is 2.40. The minimum Gasteiger partial charge on any atom is -0.385 e. The van der Waals surface area contributed by atoms with E-state index in [1.807, 2.05) is 37.3 Å². The van der Waals surface area contributed by atoms with Gasteiger partial charge in [0.05, 0.1) is 11.1 Å². The molecule has 2 heteroatoms. The van der Waals surface area contributed by atoms with Crippen molar-refractivity contribution in [1.82, 2.24) is 4.98 Å². The first-order valence-electron chi connectivity index (χ1n) is 6.23. The van der Waals surface area contributed by atoms with Gasteiger partial charge in [-0.05, 0) is 37.0 Å². The Morgan fingerprint density at radius 3 is 2.94 bits per heavy atom. The third-order valence-electron chi connectivity index (χ3n) is 3.61. The molecule has 0 bridgehead atoms. The van der Waals surface area contributed by atoms with Gasteiger partial charge in [-0.2, -0.15) is 0 Å². The predicted octanol–water partition coefficient (Wildman–Crippen LogP) is 3.24. The van der Waals surface area contributed by atoms with Crippen molar-refractivity contribution in [2.75, 3.05) is 0 Å². The number of benzene rings is 1. The molecule has 1 aliphatic rings. The molecule has 0 saturated heterocycles. The molecule has 1 aromatic heterocycles. The summed E-state index contributed by atoms with van der Waals surface area (Å²) in [5.74, 6) is 0.712. The summed E-state index contributed by atoms with van der Waals surface area (Å²) < 4.78 is 0. The highest BCUT2D eigenvalue weighted by atomic mass is 16.3. The van der Waals surface area contributed by atoms with E-state index in [9.17, 15) is 5.11 Å². The second-order valence-corrected chi connectivity index (χ2v) is 5.33. The third kappa shape index (κ3) is 2.18. The second kappa shape index (κ2) is 3.81. The van der Waals surface area contributed by atoms with E-state index in [-0.39, 0.29) is 0 Å². The molecule has 1 atom stereocenters. The first-order chi connectivity index (χ1) is 8.15. The molecule has 1 heterocycles. The predicted molar refractivity (Wildman–Crippen MR) is 68.7 cm³/mol. The van der Waals surface area contributed by atoms with E-state index in [1.54, 1.807) is 6.20 Å². The molecule has 0 radical (unpaired) electrons. The number of fused-ring (bicyclic) bond motifs is 1. The zero-order chi connectivity index (χ0) is 11.9. The van der Waals surface area contributed by atoms with E-state index < -0.39 is 5.60 Å². The number of rotatable bonds is 3. The lowest BCUT2D eigenvalue weighted by Gasteiger charge is -2.24. The molecular formula is C15H17NO. The molecule has 0 spiro atoms. The largest absolute Gasteiger partial charge is 0.385 e. The average molecular weight is 227 g/mol. The number of hydrogen-bond donors (Lipinski definition) is 1. The Balaban J connectivity index is 1.98. The van der Waals surface area contributed by atoms with Crippen molar-refractivity contribution in [2.45, 2.75) is 31.8 Å². The van der Waals surface area contributed by atoms with Crippen LogP contribution in [0.4, 0.5) is 0 Å². The van der Waals surface area contributed by atoms with E-state index >= 15 is 0 Å². The van der Waals surface area contributed by atoms with Crippen LogP contribution in [0.2, 0.25) is 0 Å². The molecule has 2 nitrogen and oxygen atoms in total. The van der Waals surface area contributed by atoms with Crippen LogP contribution in [0.3, 0.4) is 0 Å². The SMILES string of the molecule is CC(O)(CC1CC1)c1ccc2cccnc2c1. The Bertz CT molecular complexity index is 543. The fourth-order valence-corrected chi connectivity index (χ4v) is 2.40. The Labute approximate surface area is 101 Å². The summed E-state index contributed by atoms with van der Waals surface area (Å²) in [4.78, 5) is 4.34. The zero-order valence-corrected chi connectivity index (χ0v) is 10.1. The van der Waals surface area contributed by atoms with Crippen LogP contribution in [-0.4, -0.2) is 10.1 Å². The van der Waals surface area contributed by atoms with E-state index in [2.05, 4.69) is 4.98 Å². The summed E-state index contributed by atoms with van der Waals surface area (Å²) in [7, 11) is 0. The highest BCUT2D eigenvalue weighted by Crippen LogP contribution is 2.40. The molecule has 0 amide bonds. The topological polar surface area (TPSA) is 33.1 Å². The van der Waals surface area contributed by atoms with E-state index in [0.29, 0.717) is 5.92 Å². The highest BCUT2D eigenvalue weighted by Gasteiger charge is 2.32. The van der Waals surface area contributed by atoms with Gasteiger partial charge in [0.2, 0.25) is 0 Å². The Hall–Kier alpha value is -1.41. The fraction of sp³-hybridized carbons (Fsp3) is 0.400. The van der Waals surface area contributed by atoms with Crippen LogP contribution in [0.5, 0.6) is 0 Å². The van der Waals surface area contributed by atoms with E-state index in [1.165, 1.54) is 12.8 Å². The quantitative estimate of drug-likeness (QED) is 0.873. The number of aromatic nitrogens is 1. The van der Waals surface area contributed by atoms with Crippen molar-refractivity contribution >= 4 is 10.9 Å². The maximum Gasteiger partial charge on any atom is 0.0871 e. The zero-order valence-electron chi connectivity index (χ0n) is 10.1. The first kappa shape index (κ1) is 10.7. The van der Waals surface area contributed by atoms with Gasteiger partial charge in [-0.1, -0.05) is 31.0 Å². The van der Waals surface area contributed by atoms with Crippen molar-refractivity contribution in [3.8, 4) is 0 Å². The summed E-state index contributed by atoms with van der Waals surface area (Å²) in [6, 6.07) is 10.1. The summed E-state index contributed by atoms with van der Waals surface area (Å²) in [6.07, 6.45) is 5.19. The molecule has 1 unspecified atom stereocenters. The third-order valence-corrected chi connectivity index (χ3v) is 3.61. The van der Waals surface area contributed by atoms with Crippen LogP contribution in [-0.2, 0) is 5.60 Å². The summed E-state index contributed by atoms with van der Waals surface area (Å²) >= 11 is 0. The Morgan fingerprint density at radius 2 is 2.18 bits per heavy atom. The van der Waals surface area contributed by atoms with Gasteiger partial charge < -0.3 is 5.11 Å². The van der Waals surface area contributed by atoms with Crippen molar-refractivity contribution in [3.63, 3.8) is 0 Å². The molecule has 3 rings (SSSR count). The number of pyridine rings is 1. The lowest BCUT2D eigenvalue weighted by Crippen LogP contribution is -2.21. The number of aliphatic hydroxyl groups is 1. The number of nitrogens with zero attached hydrogens (tertiary/aromatic N) is 1. The van der Waals surface area contributed by atoms with Crippen LogP contribution in [0.15, 0.2) is 36.5 Å². The van der Waals surface area contributed by atoms with Crippen LogP contribution in [0.25, 0.3) is 10.9 Å². The molecule has 0 aliphatic heterocycles. The normalized spacial score (nSPS) is 19.2. The van der Waals surface area contributed by atoms with Crippen molar-refractivity contribution < 1.29 is 5.11 Å². The van der Waals surface area contributed by atoms with Gasteiger partial charge in [-0.15, -0.1) is 0 Å². The lowest BCUT2D eigenvalue weighted by molar-refractivity contribution is 0.0419. The maximum absolute atomic E-state index is 10.5. The van der Waals surface area contributed by atoms with E-state index in [0.717, 1.165) is 22.9 Å². The molecular weight excluding hydrogens is 210 g/mol. The first-order valence-corrected chi connectivity index (χ1v) is 6.23. The van der Waals surface area contributed by atoms with Crippen molar-refractivity contribution in [1.29, 1.82) is 0 Å². The molecule has 17 heavy (non-hydrogen) atoms. The molecule has 88 valence electrons. The molecule has 1 N–H and O–H groups in total. The van der Waals surface area contributed by atoms with E-state index in [4.69, 9.17) is 0 Å². The maximum atomic E-state index is 10.5. The Morgan fingerprint density at radius 1 is 1.35 bits per heavy atom. The van der Waals surface area contributed by atoms with Crippen LogP contribution < -0.4 is 0 Å². The molecule has 1 fully saturated rings. The van der Waals surface area contributed by atoms with Crippen LogP contribution >= 0.6 is 0 Å².